The first-order valence-corrected chi connectivity index (χ1v) is 8.80. The first-order valence-electron chi connectivity index (χ1n) is 8.80. The number of ether oxygens (including phenoxy) is 2. The van der Waals surface area contributed by atoms with Crippen LogP contribution in [0.15, 0.2) is 47.3 Å². The van der Waals surface area contributed by atoms with Crippen molar-refractivity contribution in [1.82, 2.24) is 9.97 Å². The highest BCUT2D eigenvalue weighted by Gasteiger charge is 2.31. The standard InChI is InChI=1S/C20H18F3N3O4/c1-19(2,3)30-18(28)25-15-9-8-11(29-20(21,22)23)10-13(15)16-24-14-7-5-4-6-12(14)17(27)26-16/h4-10H,1-3H3,(H,25,28)(H,24,26,27). The van der Waals surface area contributed by atoms with E-state index in [1.54, 1.807) is 45.0 Å². The Morgan fingerprint density at radius 3 is 2.47 bits per heavy atom. The lowest BCUT2D eigenvalue weighted by molar-refractivity contribution is -0.274. The van der Waals surface area contributed by atoms with Gasteiger partial charge in [-0.05, 0) is 51.1 Å². The number of nitrogens with zero attached hydrogens (tertiary/aromatic N) is 1. The zero-order valence-corrected chi connectivity index (χ0v) is 16.3. The number of hydrogen-bond acceptors (Lipinski definition) is 5. The number of aromatic nitrogens is 2. The van der Waals surface area contributed by atoms with Crippen LogP contribution in [0.3, 0.4) is 0 Å². The number of anilines is 1. The molecule has 0 atom stereocenters. The Kier molecular flexibility index (Phi) is 5.43. The molecule has 0 saturated heterocycles. The Morgan fingerprint density at radius 1 is 1.10 bits per heavy atom. The van der Waals surface area contributed by atoms with Crippen LogP contribution in [0.4, 0.5) is 23.7 Å². The summed E-state index contributed by atoms with van der Waals surface area (Å²) in [5.41, 5.74) is -0.843. The molecule has 3 aromatic rings. The van der Waals surface area contributed by atoms with E-state index in [4.69, 9.17) is 4.74 Å². The minimum Gasteiger partial charge on any atom is -0.444 e. The predicted octanol–water partition coefficient (Wildman–Crippen LogP) is 4.84. The molecule has 1 heterocycles. The van der Waals surface area contributed by atoms with E-state index in [1.165, 1.54) is 6.07 Å². The molecule has 0 saturated carbocycles. The number of nitrogens with one attached hydrogen (secondary N) is 2. The van der Waals surface area contributed by atoms with Crippen LogP contribution < -0.4 is 15.6 Å². The Hall–Kier alpha value is -3.56. The number of hydrogen-bond donors (Lipinski definition) is 2. The van der Waals surface area contributed by atoms with E-state index in [9.17, 15) is 22.8 Å². The lowest BCUT2D eigenvalue weighted by Gasteiger charge is -2.20. The van der Waals surface area contributed by atoms with Crippen molar-refractivity contribution in [2.75, 3.05) is 5.32 Å². The van der Waals surface area contributed by atoms with Gasteiger partial charge in [0.15, 0.2) is 0 Å². The van der Waals surface area contributed by atoms with Crippen LogP contribution in [0.5, 0.6) is 5.75 Å². The normalized spacial score (nSPS) is 11.9. The van der Waals surface area contributed by atoms with Crippen molar-refractivity contribution in [1.29, 1.82) is 0 Å². The van der Waals surface area contributed by atoms with E-state index in [0.717, 1.165) is 12.1 Å². The van der Waals surface area contributed by atoms with E-state index < -0.39 is 29.4 Å². The summed E-state index contributed by atoms with van der Waals surface area (Å²) in [4.78, 5) is 31.4. The van der Waals surface area contributed by atoms with Crippen LogP contribution in [-0.2, 0) is 4.74 Å². The molecule has 0 aliphatic rings. The zero-order chi connectivity index (χ0) is 22.1. The molecule has 2 N–H and O–H groups in total. The molecule has 2 aromatic carbocycles. The zero-order valence-electron chi connectivity index (χ0n) is 16.3. The number of alkyl halides is 3. The number of fused-ring (bicyclic) bond motifs is 1. The van der Waals surface area contributed by atoms with Gasteiger partial charge in [0.05, 0.1) is 16.6 Å². The van der Waals surface area contributed by atoms with E-state index in [0.29, 0.717) is 10.9 Å². The smallest absolute Gasteiger partial charge is 0.444 e. The molecule has 0 aliphatic heterocycles. The van der Waals surface area contributed by atoms with Crippen molar-refractivity contribution in [3.8, 4) is 17.1 Å². The van der Waals surface area contributed by atoms with Crippen molar-refractivity contribution in [2.45, 2.75) is 32.7 Å². The molecule has 30 heavy (non-hydrogen) atoms. The Labute approximate surface area is 168 Å². The van der Waals surface area contributed by atoms with Gasteiger partial charge in [-0.15, -0.1) is 13.2 Å². The number of carbonyl (C=O) groups is 1. The van der Waals surface area contributed by atoms with Gasteiger partial charge >= 0.3 is 12.5 Å². The molecule has 10 heteroatoms. The average molecular weight is 421 g/mol. The maximum Gasteiger partial charge on any atom is 0.573 e. The summed E-state index contributed by atoms with van der Waals surface area (Å²) in [5.74, 6) is -0.583. The summed E-state index contributed by atoms with van der Waals surface area (Å²) >= 11 is 0. The number of carbonyl (C=O) groups excluding carboxylic acids is 1. The second kappa shape index (κ2) is 7.69. The van der Waals surface area contributed by atoms with Crippen molar-refractivity contribution < 1.29 is 27.4 Å². The molecule has 0 unspecified atom stereocenters. The molecule has 1 aromatic heterocycles. The summed E-state index contributed by atoms with van der Waals surface area (Å²) in [6.07, 6.45) is -5.74. The van der Waals surface area contributed by atoms with Gasteiger partial charge in [0.1, 0.15) is 17.2 Å². The van der Waals surface area contributed by atoms with Crippen molar-refractivity contribution in [3.63, 3.8) is 0 Å². The van der Waals surface area contributed by atoms with Gasteiger partial charge in [-0.2, -0.15) is 0 Å². The molecule has 0 spiro atoms. The van der Waals surface area contributed by atoms with Crippen LogP contribution in [-0.4, -0.2) is 28.0 Å². The molecule has 0 bridgehead atoms. The van der Waals surface area contributed by atoms with Crippen molar-refractivity contribution >= 4 is 22.7 Å². The molecule has 0 fully saturated rings. The lowest BCUT2D eigenvalue weighted by atomic mass is 10.1. The lowest BCUT2D eigenvalue weighted by Crippen LogP contribution is -2.27. The third kappa shape index (κ3) is 5.28. The number of benzene rings is 2. The van der Waals surface area contributed by atoms with Gasteiger partial charge < -0.3 is 14.5 Å². The quantitative estimate of drug-likeness (QED) is 0.632. The van der Waals surface area contributed by atoms with Crippen LogP contribution in [0.25, 0.3) is 22.3 Å². The van der Waals surface area contributed by atoms with Crippen LogP contribution >= 0.6 is 0 Å². The summed E-state index contributed by atoms with van der Waals surface area (Å²) in [7, 11) is 0. The topological polar surface area (TPSA) is 93.3 Å². The first-order chi connectivity index (χ1) is 13.9. The highest BCUT2D eigenvalue weighted by atomic mass is 19.4. The third-order valence-electron chi connectivity index (χ3n) is 3.73. The second-order valence-corrected chi connectivity index (χ2v) is 7.31. The third-order valence-corrected chi connectivity index (χ3v) is 3.73. The fraction of sp³-hybridized carbons (Fsp3) is 0.250. The molecular weight excluding hydrogens is 403 g/mol. The van der Waals surface area contributed by atoms with Gasteiger partial charge in [0.25, 0.3) is 5.56 Å². The molecule has 0 radical (unpaired) electrons. The molecular formula is C20H18F3N3O4. The highest BCUT2D eigenvalue weighted by Crippen LogP contribution is 2.33. The minimum atomic E-state index is -4.92. The first kappa shape index (κ1) is 21.2. The minimum absolute atomic E-state index is 0.0189. The summed E-state index contributed by atoms with van der Waals surface area (Å²) < 4.78 is 47.1. The molecule has 158 valence electrons. The number of rotatable bonds is 3. The maximum atomic E-state index is 12.7. The monoisotopic (exact) mass is 421 g/mol. The Balaban J connectivity index is 2.10. The number of H-pyrrole nitrogens is 1. The van der Waals surface area contributed by atoms with E-state index in [-0.39, 0.29) is 17.1 Å². The predicted molar refractivity (Wildman–Crippen MR) is 104 cm³/mol. The van der Waals surface area contributed by atoms with E-state index in [1.807, 2.05) is 0 Å². The molecule has 0 aliphatic carbocycles. The fourth-order valence-electron chi connectivity index (χ4n) is 2.65. The van der Waals surface area contributed by atoms with E-state index >= 15 is 0 Å². The second-order valence-electron chi connectivity index (χ2n) is 7.31. The van der Waals surface area contributed by atoms with Crippen LogP contribution in [0.1, 0.15) is 20.8 Å². The summed E-state index contributed by atoms with van der Waals surface area (Å²) in [5, 5.41) is 2.77. The van der Waals surface area contributed by atoms with Gasteiger partial charge in [-0.1, -0.05) is 12.1 Å². The number of halogens is 3. The molecule has 7 nitrogen and oxygen atoms in total. The highest BCUT2D eigenvalue weighted by molar-refractivity contribution is 5.91. The summed E-state index contributed by atoms with van der Waals surface area (Å²) in [6, 6.07) is 9.73. The molecule has 1 amide bonds. The number of para-hydroxylation sites is 1. The van der Waals surface area contributed by atoms with Crippen LogP contribution in [0.2, 0.25) is 0 Å². The van der Waals surface area contributed by atoms with Gasteiger partial charge in [0.2, 0.25) is 0 Å². The van der Waals surface area contributed by atoms with Gasteiger partial charge in [-0.25, -0.2) is 9.78 Å². The average Bonchev–Trinajstić information content (AvgIpc) is 2.60. The Bertz CT molecular complexity index is 1150. The van der Waals surface area contributed by atoms with Crippen LogP contribution in [0, 0.1) is 0 Å². The Morgan fingerprint density at radius 2 is 1.80 bits per heavy atom. The maximum absolute atomic E-state index is 12.7. The largest absolute Gasteiger partial charge is 0.573 e. The number of aromatic amines is 1. The number of amides is 1. The van der Waals surface area contributed by atoms with E-state index in [2.05, 4.69) is 20.0 Å². The fourth-order valence-corrected chi connectivity index (χ4v) is 2.65. The van der Waals surface area contributed by atoms with Crippen molar-refractivity contribution in [2.24, 2.45) is 0 Å². The molecule has 3 rings (SSSR count). The van der Waals surface area contributed by atoms with Crippen molar-refractivity contribution in [3.05, 3.63) is 52.8 Å². The SMILES string of the molecule is CC(C)(C)OC(=O)Nc1ccc(OC(F)(F)F)cc1-c1nc2ccccc2c(=O)[nH]1. The van der Waals surface area contributed by atoms with Gasteiger partial charge in [-0.3, -0.25) is 10.1 Å². The summed E-state index contributed by atoms with van der Waals surface area (Å²) in [6.45, 7) is 4.99. The van der Waals surface area contributed by atoms with Gasteiger partial charge in [0, 0.05) is 5.56 Å².